The Balaban J connectivity index is 0.824. The van der Waals surface area contributed by atoms with E-state index in [4.69, 9.17) is 9.47 Å². The van der Waals surface area contributed by atoms with Gasteiger partial charge in [0.2, 0.25) is 0 Å². The first-order valence-corrected chi connectivity index (χ1v) is 29.6. The van der Waals surface area contributed by atoms with Crippen LogP contribution in [0.1, 0.15) is 36.1 Å². The molecule has 8 aromatic carbocycles. The molecule has 0 spiro atoms. The highest BCUT2D eigenvalue weighted by Gasteiger charge is 2.36. The minimum absolute atomic E-state index is 0.000316. The van der Waals surface area contributed by atoms with Crippen LogP contribution >= 0.6 is 0 Å². The lowest BCUT2D eigenvalue weighted by atomic mass is 10.0. The summed E-state index contributed by atoms with van der Waals surface area (Å²) in [6, 6.07) is 29.8. The van der Waals surface area contributed by atoms with Crippen molar-refractivity contribution in [1.82, 2.24) is 0 Å². The smallest absolute Gasteiger partial charge is 0.280 e. The highest BCUT2D eigenvalue weighted by Crippen LogP contribution is 2.45. The lowest BCUT2D eigenvalue weighted by Crippen LogP contribution is -2.29. The summed E-state index contributed by atoms with van der Waals surface area (Å²) in [5.74, 6) is -5.41. The van der Waals surface area contributed by atoms with Gasteiger partial charge in [0.15, 0.2) is 43.3 Å². The Kier molecular flexibility index (Phi) is 16.0. The molecule has 10 rings (SSSR count). The molecule has 438 valence electrons. The highest BCUT2D eigenvalue weighted by molar-refractivity contribution is 7.95. The number of phenolic OH excluding ortho intramolecular Hbond substituents is 4. The molecule has 26 heteroatoms. The second-order valence-electron chi connectivity index (χ2n) is 20.3. The summed E-state index contributed by atoms with van der Waals surface area (Å²) in [7, 11) is -6.81. The van der Waals surface area contributed by atoms with Gasteiger partial charge >= 0.3 is 0 Å². The molecule has 2 amide bonds. The molecule has 2 heterocycles. The van der Waals surface area contributed by atoms with Crippen LogP contribution in [0, 0.1) is 27.7 Å². The van der Waals surface area contributed by atoms with Crippen LogP contribution in [0.2, 0.25) is 0 Å². The van der Waals surface area contributed by atoms with Crippen molar-refractivity contribution < 1.29 is 56.3 Å². The number of amides is 2. The highest BCUT2D eigenvalue weighted by atomic mass is 32.2. The molecule has 24 nitrogen and oxygen atoms in total. The Morgan fingerprint density at radius 2 is 0.849 bits per heavy atom. The van der Waals surface area contributed by atoms with Gasteiger partial charge in [0.05, 0.1) is 59.9 Å². The number of sulfone groups is 2. The third-order valence-corrected chi connectivity index (χ3v) is 17.9. The van der Waals surface area contributed by atoms with Gasteiger partial charge in [-0.3, -0.25) is 9.59 Å². The maximum absolute atomic E-state index is 13.9. The largest absolute Gasteiger partial charge is 0.506 e. The van der Waals surface area contributed by atoms with Gasteiger partial charge in [-0.05, 0) is 124 Å². The van der Waals surface area contributed by atoms with E-state index in [0.717, 1.165) is 49.6 Å². The number of hydrogen-bond donors (Lipinski definition) is 4. The molecule has 0 saturated carbocycles. The number of carbonyl (C=O) groups excluding carboxylic acids is 2. The van der Waals surface area contributed by atoms with E-state index in [2.05, 4.69) is 51.1 Å². The van der Waals surface area contributed by atoms with E-state index in [1.54, 1.807) is 100 Å². The molecule has 2 atom stereocenters. The number of azo groups is 4. The van der Waals surface area contributed by atoms with Crippen molar-refractivity contribution in [3.8, 4) is 34.5 Å². The molecule has 0 bridgehead atoms. The Labute approximate surface area is 492 Å². The maximum Gasteiger partial charge on any atom is 0.280 e. The zero-order valence-electron chi connectivity index (χ0n) is 47.4. The Morgan fingerprint density at radius 1 is 0.477 bits per heavy atom. The zero-order chi connectivity index (χ0) is 61.5. The molecule has 8 aromatic rings. The van der Waals surface area contributed by atoms with Gasteiger partial charge in [-0.25, -0.2) is 16.8 Å². The number of hydrogen-bond acceptors (Lipinski definition) is 22. The van der Waals surface area contributed by atoms with Crippen LogP contribution in [-0.2, 0) is 29.3 Å². The summed E-state index contributed by atoms with van der Waals surface area (Å²) in [6.45, 7) is 10.6. The standard InChI is InChI=1S/C60H54N12O12S2/c1-31-9-17-41(18-10-31)71-59(77)55(35(5)69-71)67-61-39-15-13-37-23-33(3)53(57(75)43(37)25-39)65-63-45-27-49(83-7)51(29-47(45)73)85(79,80)21-22-86(81,82)52-30-48(74)46(28-50(52)84-8)64-66-54-34(4)24-38-14-16-40(26-44(38)58(54)76)62-68-56-36(6)70-72(60(56)78)42-19-11-32(2)12-20-42/h9-20,23-30,55-56,73-76H,21-22H2,1-8H3. The Hall–Kier alpha value is -10.3. The summed E-state index contributed by atoms with van der Waals surface area (Å²) in [5, 5.41) is 92.1. The van der Waals surface area contributed by atoms with Crippen LogP contribution in [0.5, 0.6) is 34.5 Å². The van der Waals surface area contributed by atoms with Crippen molar-refractivity contribution in [1.29, 1.82) is 0 Å². The number of aromatic hydroxyl groups is 4. The third kappa shape index (κ3) is 11.7. The molecule has 2 aliphatic heterocycles. The first kappa shape index (κ1) is 58.8. The minimum Gasteiger partial charge on any atom is -0.506 e. The molecular formula is C60H54N12O12S2. The van der Waals surface area contributed by atoms with Crippen molar-refractivity contribution in [2.45, 2.75) is 63.4 Å². The number of hydrazone groups is 2. The quantitative estimate of drug-likeness (QED) is 0.0618. The van der Waals surface area contributed by atoms with E-state index < -0.39 is 64.6 Å². The van der Waals surface area contributed by atoms with E-state index in [1.165, 1.54) is 10.0 Å². The predicted octanol–water partition coefficient (Wildman–Crippen LogP) is 12.9. The van der Waals surface area contributed by atoms with E-state index in [1.807, 2.05) is 38.1 Å². The van der Waals surface area contributed by atoms with Crippen molar-refractivity contribution in [2.75, 3.05) is 35.7 Å². The van der Waals surface area contributed by atoms with Gasteiger partial charge in [0, 0.05) is 35.0 Å². The second-order valence-corrected chi connectivity index (χ2v) is 24.5. The SMILES string of the molecule is COc1cc(N=Nc2c(C)cc3ccc(N=NC4C(=O)N(c5ccc(C)cc5)N=C4C)cc3c2O)c(O)cc1S(=O)(=O)CCS(=O)(=O)c1cc(O)c(N=Nc2c(C)cc3ccc(N=NC4C(=O)N(c5ccc(C)cc5)N=C4C)cc3c2O)cc1OC. The summed E-state index contributed by atoms with van der Waals surface area (Å²) in [4.78, 5) is 25.4. The maximum atomic E-state index is 13.9. The molecule has 0 fully saturated rings. The van der Waals surface area contributed by atoms with Crippen molar-refractivity contribution >= 4 is 110 Å². The van der Waals surface area contributed by atoms with Gasteiger partial charge in [-0.2, -0.15) is 40.7 Å². The van der Waals surface area contributed by atoms with Crippen LogP contribution in [-0.4, -0.2) is 98.3 Å². The summed E-state index contributed by atoms with van der Waals surface area (Å²) >= 11 is 0. The summed E-state index contributed by atoms with van der Waals surface area (Å²) in [5.41, 5.74) is 5.16. The van der Waals surface area contributed by atoms with E-state index in [0.29, 0.717) is 66.8 Å². The number of rotatable bonds is 17. The number of ether oxygens (including phenoxy) is 2. The third-order valence-electron chi connectivity index (χ3n) is 14.2. The van der Waals surface area contributed by atoms with E-state index in [-0.39, 0.29) is 57.6 Å². The zero-order valence-corrected chi connectivity index (χ0v) is 49.0. The van der Waals surface area contributed by atoms with Gasteiger partial charge in [-0.1, -0.05) is 47.5 Å². The van der Waals surface area contributed by atoms with E-state index in [9.17, 15) is 46.9 Å². The summed E-state index contributed by atoms with van der Waals surface area (Å²) < 4.78 is 66.4. The number of methoxy groups -OCH3 is 2. The fourth-order valence-electron chi connectivity index (χ4n) is 9.42. The first-order valence-electron chi connectivity index (χ1n) is 26.3. The molecule has 0 saturated heterocycles. The van der Waals surface area contributed by atoms with Crippen molar-refractivity contribution in [2.24, 2.45) is 51.1 Å². The number of phenols is 4. The van der Waals surface area contributed by atoms with Gasteiger partial charge in [-0.15, -0.1) is 20.5 Å². The normalized spacial score (nSPS) is 15.9. The first-order chi connectivity index (χ1) is 40.9. The van der Waals surface area contributed by atoms with Gasteiger partial charge in [0.1, 0.15) is 55.5 Å². The van der Waals surface area contributed by atoms with Crippen LogP contribution in [0.4, 0.5) is 45.5 Å². The van der Waals surface area contributed by atoms with Crippen LogP contribution in [0.25, 0.3) is 21.5 Å². The average molecular weight is 1200 g/mol. The number of aryl methyl sites for hydroxylation is 4. The Morgan fingerprint density at radius 3 is 1.21 bits per heavy atom. The van der Waals surface area contributed by atoms with Gasteiger partial charge in [0.25, 0.3) is 11.8 Å². The minimum atomic E-state index is -4.57. The van der Waals surface area contributed by atoms with Crippen molar-refractivity contribution in [3.63, 3.8) is 0 Å². The second kappa shape index (κ2) is 23.4. The monoisotopic (exact) mass is 1200 g/mol. The lowest BCUT2D eigenvalue weighted by Gasteiger charge is -2.14. The summed E-state index contributed by atoms with van der Waals surface area (Å²) in [6.07, 6.45) is 0. The average Bonchev–Trinajstić information content (AvgIpc) is 1.96. The van der Waals surface area contributed by atoms with Crippen LogP contribution in [0.15, 0.2) is 182 Å². The number of benzene rings is 8. The predicted molar refractivity (Wildman–Crippen MR) is 323 cm³/mol. The van der Waals surface area contributed by atoms with Crippen LogP contribution < -0.4 is 19.5 Å². The molecule has 2 unspecified atom stereocenters. The van der Waals surface area contributed by atoms with E-state index >= 15 is 0 Å². The molecule has 2 aliphatic rings. The number of nitrogens with zero attached hydrogens (tertiary/aromatic N) is 12. The molecule has 0 radical (unpaired) electrons. The molecule has 4 N–H and O–H groups in total. The Bertz CT molecular complexity index is 4260. The number of fused-ring (bicyclic) bond motifs is 2. The molecule has 0 aliphatic carbocycles. The number of anilines is 2. The lowest BCUT2D eigenvalue weighted by molar-refractivity contribution is -0.118. The van der Waals surface area contributed by atoms with Crippen molar-refractivity contribution in [3.05, 3.63) is 144 Å². The topological polar surface area (TPSA) is 332 Å². The molecule has 0 aromatic heterocycles. The van der Waals surface area contributed by atoms with Gasteiger partial charge < -0.3 is 29.9 Å². The fourth-order valence-corrected chi connectivity index (χ4v) is 13.1. The fraction of sp³-hybridized carbons (Fsp3) is 0.200. The number of carbonyl (C=O) groups is 2. The van der Waals surface area contributed by atoms with Crippen LogP contribution in [0.3, 0.4) is 0 Å². The molecular weight excluding hydrogens is 1140 g/mol. The molecule has 86 heavy (non-hydrogen) atoms.